The lowest BCUT2D eigenvalue weighted by Gasteiger charge is -2.43. The average Bonchev–Trinajstić information content (AvgIpc) is 2.84. The van der Waals surface area contributed by atoms with E-state index < -0.39 is 0 Å². The molecule has 0 saturated carbocycles. The van der Waals surface area contributed by atoms with Gasteiger partial charge in [-0.25, -0.2) is 4.99 Å². The third-order valence-electron chi connectivity index (χ3n) is 5.96. The maximum absolute atomic E-state index is 6.75. The number of hydrogen-bond donors (Lipinski definition) is 0. The third-order valence-corrected chi connectivity index (χ3v) is 6.31. The van der Waals surface area contributed by atoms with Crippen molar-refractivity contribution in [1.29, 1.82) is 0 Å². The zero-order valence-electron chi connectivity index (χ0n) is 15.5. The van der Waals surface area contributed by atoms with Crippen molar-refractivity contribution in [2.75, 3.05) is 33.2 Å². The second-order valence-electron chi connectivity index (χ2n) is 7.65. The number of rotatable bonds is 1. The maximum atomic E-state index is 6.75. The molecule has 1 spiro atoms. The van der Waals surface area contributed by atoms with Crippen molar-refractivity contribution >= 4 is 34.4 Å². The smallest absolute Gasteiger partial charge is 0.0911 e. The molecule has 1 fully saturated rings. The summed E-state index contributed by atoms with van der Waals surface area (Å²) in [6.45, 7) is 4.16. The first-order valence-electron chi connectivity index (χ1n) is 9.59. The predicted molar refractivity (Wildman–Crippen MR) is 113 cm³/mol. The Morgan fingerprint density at radius 3 is 2.59 bits per heavy atom. The molecule has 2 aliphatic carbocycles. The Kier molecular flexibility index (Phi) is 4.06. The van der Waals surface area contributed by atoms with Crippen molar-refractivity contribution in [1.82, 2.24) is 9.80 Å². The van der Waals surface area contributed by atoms with E-state index in [1.54, 1.807) is 0 Å². The Balaban J connectivity index is 1.68. The quantitative estimate of drug-likeness (QED) is 0.544. The molecule has 5 rings (SSSR count). The van der Waals surface area contributed by atoms with Crippen molar-refractivity contribution in [2.24, 2.45) is 15.4 Å². The number of fused-ring (bicyclic) bond motifs is 1. The van der Waals surface area contributed by atoms with E-state index in [1.165, 1.54) is 5.70 Å². The molecule has 1 aromatic carbocycles. The Morgan fingerprint density at radius 1 is 1.07 bits per heavy atom. The number of piperazine rings is 1. The van der Waals surface area contributed by atoms with Gasteiger partial charge in [-0.2, -0.15) is 0 Å². The summed E-state index contributed by atoms with van der Waals surface area (Å²) >= 11 is 6.75. The number of para-hydroxylation sites is 2. The molecular formula is C22H23ClN4. The standard InChI is InChI=1S/C22H23ClN4/c1-26-12-14-27(15-13-26)19-9-5-11-22-10-4-6-16(23)20(22)24-17-7-2-3-8-18(17)25-21(19)22/h2-9,11,16H,10,12-15H2,1H3. The van der Waals surface area contributed by atoms with E-state index in [1.807, 2.05) is 24.3 Å². The summed E-state index contributed by atoms with van der Waals surface area (Å²) in [4.78, 5) is 15.0. The van der Waals surface area contributed by atoms with Crippen LogP contribution in [0.5, 0.6) is 0 Å². The van der Waals surface area contributed by atoms with E-state index in [9.17, 15) is 0 Å². The highest BCUT2D eigenvalue weighted by molar-refractivity contribution is 6.39. The van der Waals surface area contributed by atoms with Crippen LogP contribution in [0.25, 0.3) is 0 Å². The zero-order chi connectivity index (χ0) is 18.4. The highest BCUT2D eigenvalue weighted by Gasteiger charge is 2.47. The van der Waals surface area contributed by atoms with Gasteiger partial charge in [-0.15, -0.1) is 11.6 Å². The lowest BCUT2D eigenvalue weighted by molar-refractivity contribution is 0.191. The average molecular weight is 379 g/mol. The number of alkyl halides is 1. The Morgan fingerprint density at radius 2 is 1.81 bits per heavy atom. The molecule has 2 atom stereocenters. The molecule has 138 valence electrons. The number of aliphatic imine (C=N–C) groups is 2. The van der Waals surface area contributed by atoms with Gasteiger partial charge in [-0.05, 0) is 31.7 Å². The van der Waals surface area contributed by atoms with Gasteiger partial charge in [-0.3, -0.25) is 4.99 Å². The fourth-order valence-corrected chi connectivity index (χ4v) is 4.75. The van der Waals surface area contributed by atoms with Crippen molar-refractivity contribution < 1.29 is 0 Å². The van der Waals surface area contributed by atoms with Crippen molar-refractivity contribution in [3.05, 3.63) is 60.3 Å². The SMILES string of the molecule is CN1CCN(C2=CC=CC34CC=CC(Cl)C3=Nc3ccccc3N=C24)CC1. The van der Waals surface area contributed by atoms with Crippen LogP contribution in [0.3, 0.4) is 0 Å². The molecule has 0 N–H and O–H groups in total. The van der Waals surface area contributed by atoms with Gasteiger partial charge in [0.1, 0.15) is 0 Å². The minimum atomic E-state index is -0.354. The normalized spacial score (nSPS) is 29.8. The second-order valence-corrected chi connectivity index (χ2v) is 8.12. The Bertz CT molecular complexity index is 918. The summed E-state index contributed by atoms with van der Waals surface area (Å²) in [6.07, 6.45) is 11.7. The van der Waals surface area contributed by atoms with Gasteiger partial charge in [0.25, 0.3) is 0 Å². The van der Waals surface area contributed by atoms with Gasteiger partial charge in [0, 0.05) is 26.2 Å². The fraction of sp³-hybridized carbons (Fsp3) is 0.364. The molecule has 2 unspecified atom stereocenters. The van der Waals surface area contributed by atoms with Gasteiger partial charge >= 0.3 is 0 Å². The van der Waals surface area contributed by atoms with E-state index in [-0.39, 0.29) is 10.8 Å². The zero-order valence-corrected chi connectivity index (χ0v) is 16.2. The van der Waals surface area contributed by atoms with E-state index in [0.717, 1.165) is 55.4 Å². The van der Waals surface area contributed by atoms with Crippen LogP contribution in [0.1, 0.15) is 6.42 Å². The molecule has 1 aromatic rings. The number of hydrogen-bond acceptors (Lipinski definition) is 4. The summed E-state index contributed by atoms with van der Waals surface area (Å²) < 4.78 is 0. The fourth-order valence-electron chi connectivity index (χ4n) is 4.40. The van der Waals surface area contributed by atoms with Crippen LogP contribution in [0.15, 0.2) is 70.3 Å². The number of halogens is 1. The molecule has 2 heterocycles. The van der Waals surface area contributed by atoms with Crippen LogP contribution in [-0.4, -0.2) is 59.8 Å². The molecule has 4 aliphatic rings. The van der Waals surface area contributed by atoms with E-state index in [2.05, 4.69) is 47.2 Å². The van der Waals surface area contributed by atoms with E-state index in [0.29, 0.717) is 0 Å². The molecule has 2 aliphatic heterocycles. The predicted octanol–water partition coefficient (Wildman–Crippen LogP) is 4.10. The van der Waals surface area contributed by atoms with Crippen LogP contribution < -0.4 is 0 Å². The van der Waals surface area contributed by atoms with Crippen molar-refractivity contribution in [3.63, 3.8) is 0 Å². The highest BCUT2D eigenvalue weighted by Crippen LogP contribution is 2.46. The summed E-state index contributed by atoms with van der Waals surface area (Å²) in [7, 11) is 2.18. The minimum absolute atomic E-state index is 0.216. The molecule has 0 aromatic heterocycles. The maximum Gasteiger partial charge on any atom is 0.0911 e. The molecule has 5 heteroatoms. The summed E-state index contributed by atoms with van der Waals surface area (Å²) in [5.74, 6) is 0. The highest BCUT2D eigenvalue weighted by atomic mass is 35.5. The Labute approximate surface area is 165 Å². The van der Waals surface area contributed by atoms with Crippen LogP contribution in [0.4, 0.5) is 11.4 Å². The summed E-state index contributed by atoms with van der Waals surface area (Å²) in [5, 5.41) is -0.216. The van der Waals surface area contributed by atoms with Gasteiger partial charge in [0.2, 0.25) is 0 Å². The molecule has 0 amide bonds. The molecule has 0 bridgehead atoms. The van der Waals surface area contributed by atoms with Crippen molar-refractivity contribution in [3.8, 4) is 0 Å². The summed E-state index contributed by atoms with van der Waals surface area (Å²) in [5.41, 5.74) is 4.77. The van der Waals surface area contributed by atoms with Crippen LogP contribution in [-0.2, 0) is 0 Å². The first-order valence-corrected chi connectivity index (χ1v) is 10.0. The lowest BCUT2D eigenvalue weighted by Crippen LogP contribution is -2.51. The van der Waals surface area contributed by atoms with Gasteiger partial charge < -0.3 is 9.80 Å². The Hall–Kier alpha value is -2.17. The first-order chi connectivity index (χ1) is 13.2. The van der Waals surface area contributed by atoms with E-state index >= 15 is 0 Å². The molecule has 0 radical (unpaired) electrons. The third kappa shape index (κ3) is 2.70. The second kappa shape index (κ2) is 6.47. The topological polar surface area (TPSA) is 31.2 Å². The number of benzene rings is 1. The van der Waals surface area contributed by atoms with Gasteiger partial charge in [0.15, 0.2) is 0 Å². The molecular weight excluding hydrogens is 356 g/mol. The van der Waals surface area contributed by atoms with E-state index in [4.69, 9.17) is 21.6 Å². The van der Waals surface area contributed by atoms with Gasteiger partial charge in [-0.1, -0.05) is 36.4 Å². The number of nitrogens with zero attached hydrogens (tertiary/aromatic N) is 4. The number of allylic oxidation sites excluding steroid dienone is 6. The van der Waals surface area contributed by atoms with Crippen LogP contribution >= 0.6 is 11.6 Å². The van der Waals surface area contributed by atoms with Crippen LogP contribution in [0.2, 0.25) is 0 Å². The van der Waals surface area contributed by atoms with Crippen molar-refractivity contribution in [2.45, 2.75) is 11.8 Å². The van der Waals surface area contributed by atoms with Gasteiger partial charge in [0.05, 0.1) is 39.3 Å². The number of likely N-dealkylation sites (N-methyl/N-ethyl adjacent to an activating group) is 1. The first kappa shape index (κ1) is 17.0. The molecule has 4 nitrogen and oxygen atoms in total. The molecule has 1 saturated heterocycles. The monoisotopic (exact) mass is 378 g/mol. The summed E-state index contributed by atoms with van der Waals surface area (Å²) in [6, 6.07) is 8.12. The van der Waals surface area contributed by atoms with Crippen LogP contribution in [0, 0.1) is 5.41 Å². The minimum Gasteiger partial charge on any atom is -0.367 e. The lowest BCUT2D eigenvalue weighted by atomic mass is 9.68. The largest absolute Gasteiger partial charge is 0.367 e. The molecule has 27 heavy (non-hydrogen) atoms.